The number of rotatable bonds is 4. The molecule has 1 atom stereocenters. The molecule has 4 bridgehead atoms. The van der Waals surface area contributed by atoms with Gasteiger partial charge in [0.15, 0.2) is 0 Å². The summed E-state index contributed by atoms with van der Waals surface area (Å²) in [5.41, 5.74) is -0.0627. The van der Waals surface area contributed by atoms with Crippen molar-refractivity contribution < 1.29 is 14.3 Å². The van der Waals surface area contributed by atoms with Gasteiger partial charge in [-0.1, -0.05) is 0 Å². The van der Waals surface area contributed by atoms with Gasteiger partial charge in [0, 0.05) is 0 Å². The highest BCUT2D eigenvalue weighted by atomic mass is 16.5. The summed E-state index contributed by atoms with van der Waals surface area (Å²) in [4.78, 5) is 24.3. The van der Waals surface area contributed by atoms with Gasteiger partial charge in [-0.15, -0.1) is 0 Å². The third kappa shape index (κ3) is 2.11. The maximum absolute atomic E-state index is 12.3. The maximum Gasteiger partial charge on any atom is 0.317 e. The lowest BCUT2D eigenvalue weighted by atomic mass is 9.46. The Labute approximate surface area is 115 Å². The molecule has 106 valence electrons. The number of ether oxygens (including phenoxy) is 1. The molecule has 0 N–H and O–H groups in total. The standard InChI is InChI=1S/C16H24O3/c1-3-19-15(18)14(10(2)17)16-7-11-4-12(8-16)6-13(5-11)9-16/h11-14H,3-9H2,1-2H3. The number of carbonyl (C=O) groups excluding carboxylic acids is 2. The van der Waals surface area contributed by atoms with E-state index in [-0.39, 0.29) is 17.2 Å². The van der Waals surface area contributed by atoms with Gasteiger partial charge in [-0.3, -0.25) is 9.59 Å². The van der Waals surface area contributed by atoms with Crippen LogP contribution in [0.4, 0.5) is 0 Å². The summed E-state index contributed by atoms with van der Waals surface area (Å²) >= 11 is 0. The summed E-state index contributed by atoms with van der Waals surface area (Å²) in [5, 5.41) is 0. The molecule has 0 saturated heterocycles. The van der Waals surface area contributed by atoms with E-state index in [1.165, 1.54) is 19.3 Å². The van der Waals surface area contributed by atoms with E-state index in [4.69, 9.17) is 4.74 Å². The molecule has 0 aliphatic heterocycles. The van der Waals surface area contributed by atoms with Crippen molar-refractivity contribution in [2.45, 2.75) is 52.4 Å². The average Bonchev–Trinajstić information content (AvgIpc) is 2.25. The van der Waals surface area contributed by atoms with Gasteiger partial charge in [0.05, 0.1) is 6.61 Å². The molecule has 0 aromatic heterocycles. The molecule has 4 aliphatic rings. The van der Waals surface area contributed by atoms with Gasteiger partial charge in [0.2, 0.25) is 0 Å². The molecule has 0 aromatic carbocycles. The van der Waals surface area contributed by atoms with Crippen molar-refractivity contribution in [2.24, 2.45) is 29.1 Å². The van der Waals surface area contributed by atoms with Gasteiger partial charge in [0.25, 0.3) is 0 Å². The van der Waals surface area contributed by atoms with E-state index < -0.39 is 5.92 Å². The first-order valence-electron chi connectivity index (χ1n) is 7.71. The molecule has 3 heteroatoms. The smallest absolute Gasteiger partial charge is 0.317 e. The van der Waals surface area contributed by atoms with E-state index in [1.807, 2.05) is 6.92 Å². The number of hydrogen-bond donors (Lipinski definition) is 0. The number of esters is 1. The van der Waals surface area contributed by atoms with Crippen molar-refractivity contribution in [3.05, 3.63) is 0 Å². The summed E-state index contributed by atoms with van der Waals surface area (Å²) in [6.45, 7) is 3.75. The third-order valence-electron chi connectivity index (χ3n) is 5.63. The molecule has 0 heterocycles. The second-order valence-corrected chi connectivity index (χ2v) is 7.08. The van der Waals surface area contributed by atoms with Crippen molar-refractivity contribution in [3.8, 4) is 0 Å². The van der Waals surface area contributed by atoms with Crippen LogP contribution in [0.5, 0.6) is 0 Å². The van der Waals surface area contributed by atoms with Gasteiger partial charge in [-0.25, -0.2) is 0 Å². The van der Waals surface area contributed by atoms with E-state index >= 15 is 0 Å². The second-order valence-electron chi connectivity index (χ2n) is 7.08. The molecular formula is C16H24O3. The SMILES string of the molecule is CCOC(=O)C(C(C)=O)C12CC3CC(CC(C3)C1)C2. The van der Waals surface area contributed by atoms with E-state index in [0.717, 1.165) is 37.0 Å². The average molecular weight is 264 g/mol. The Kier molecular flexibility index (Phi) is 3.18. The minimum absolute atomic E-state index is 0.0143. The largest absolute Gasteiger partial charge is 0.465 e. The van der Waals surface area contributed by atoms with Crippen LogP contribution in [0, 0.1) is 29.1 Å². The lowest BCUT2D eigenvalue weighted by Gasteiger charge is -2.58. The van der Waals surface area contributed by atoms with Crippen LogP contribution in [0.2, 0.25) is 0 Å². The molecule has 4 rings (SSSR count). The molecule has 19 heavy (non-hydrogen) atoms. The molecule has 4 saturated carbocycles. The Bertz CT molecular complexity index is 364. The lowest BCUT2D eigenvalue weighted by Crippen LogP contribution is -2.53. The number of carbonyl (C=O) groups is 2. The second kappa shape index (κ2) is 4.60. The summed E-state index contributed by atoms with van der Waals surface area (Å²) in [6, 6.07) is 0. The van der Waals surface area contributed by atoms with Crippen molar-refractivity contribution in [2.75, 3.05) is 6.61 Å². The fourth-order valence-electron chi connectivity index (χ4n) is 5.60. The quantitative estimate of drug-likeness (QED) is 0.579. The van der Waals surface area contributed by atoms with E-state index in [9.17, 15) is 9.59 Å². The zero-order chi connectivity index (χ0) is 13.6. The van der Waals surface area contributed by atoms with Crippen LogP contribution < -0.4 is 0 Å². The fraction of sp³-hybridized carbons (Fsp3) is 0.875. The Balaban J connectivity index is 1.89. The van der Waals surface area contributed by atoms with Gasteiger partial charge in [-0.2, -0.15) is 0 Å². The number of ketones is 1. The maximum atomic E-state index is 12.3. The minimum Gasteiger partial charge on any atom is -0.465 e. The van der Waals surface area contributed by atoms with Crippen molar-refractivity contribution in [1.82, 2.24) is 0 Å². The van der Waals surface area contributed by atoms with E-state index in [2.05, 4.69) is 0 Å². The molecule has 1 unspecified atom stereocenters. The monoisotopic (exact) mass is 264 g/mol. The van der Waals surface area contributed by atoms with Crippen LogP contribution in [0.3, 0.4) is 0 Å². The highest BCUT2D eigenvalue weighted by molar-refractivity contribution is 5.98. The lowest BCUT2D eigenvalue weighted by molar-refractivity contribution is -0.167. The number of hydrogen-bond acceptors (Lipinski definition) is 3. The molecule has 4 aliphatic carbocycles. The van der Waals surface area contributed by atoms with E-state index in [0.29, 0.717) is 6.61 Å². The fourth-order valence-corrected chi connectivity index (χ4v) is 5.60. The zero-order valence-corrected chi connectivity index (χ0v) is 12.0. The third-order valence-corrected chi connectivity index (χ3v) is 5.63. The molecule has 0 spiro atoms. The zero-order valence-electron chi connectivity index (χ0n) is 12.0. The highest BCUT2D eigenvalue weighted by Crippen LogP contribution is 2.63. The molecule has 0 aromatic rings. The Morgan fingerprint density at radius 2 is 1.58 bits per heavy atom. The molecule has 4 fully saturated rings. The van der Waals surface area contributed by atoms with Crippen LogP contribution in [0.1, 0.15) is 52.4 Å². The van der Waals surface area contributed by atoms with Gasteiger partial charge in [0.1, 0.15) is 11.7 Å². The minimum atomic E-state index is -0.499. The van der Waals surface area contributed by atoms with Gasteiger partial charge in [-0.05, 0) is 75.5 Å². The van der Waals surface area contributed by atoms with Gasteiger partial charge >= 0.3 is 5.97 Å². The molecular weight excluding hydrogens is 240 g/mol. The first-order chi connectivity index (χ1) is 9.04. The first kappa shape index (κ1) is 13.1. The first-order valence-corrected chi connectivity index (χ1v) is 7.71. The molecule has 0 radical (unpaired) electrons. The van der Waals surface area contributed by atoms with Crippen molar-refractivity contribution in [3.63, 3.8) is 0 Å². The predicted octanol–water partition coefficient (Wildman–Crippen LogP) is 2.97. The van der Waals surface area contributed by atoms with Crippen LogP contribution in [-0.2, 0) is 14.3 Å². The summed E-state index contributed by atoms with van der Waals surface area (Å²) in [7, 11) is 0. The van der Waals surface area contributed by atoms with Crippen LogP contribution in [-0.4, -0.2) is 18.4 Å². The topological polar surface area (TPSA) is 43.4 Å². The van der Waals surface area contributed by atoms with Crippen LogP contribution in [0.25, 0.3) is 0 Å². The van der Waals surface area contributed by atoms with E-state index in [1.54, 1.807) is 6.92 Å². The Morgan fingerprint density at radius 1 is 1.11 bits per heavy atom. The predicted molar refractivity (Wildman–Crippen MR) is 71.4 cm³/mol. The highest BCUT2D eigenvalue weighted by Gasteiger charge is 2.57. The summed E-state index contributed by atoms with van der Waals surface area (Å²) in [5.74, 6) is 1.51. The van der Waals surface area contributed by atoms with Gasteiger partial charge < -0.3 is 4.74 Å². The number of Topliss-reactive ketones (excluding diaryl/α,β-unsaturated/α-hetero) is 1. The Hall–Kier alpha value is -0.860. The normalized spacial score (nSPS) is 41.1. The van der Waals surface area contributed by atoms with Crippen LogP contribution >= 0.6 is 0 Å². The van der Waals surface area contributed by atoms with Crippen molar-refractivity contribution >= 4 is 11.8 Å². The molecule has 0 amide bonds. The van der Waals surface area contributed by atoms with Crippen LogP contribution in [0.15, 0.2) is 0 Å². The Morgan fingerprint density at radius 3 is 1.95 bits per heavy atom. The van der Waals surface area contributed by atoms with Crippen molar-refractivity contribution in [1.29, 1.82) is 0 Å². The molecule has 3 nitrogen and oxygen atoms in total. The summed E-state index contributed by atoms with van der Waals surface area (Å²) in [6.07, 6.45) is 7.19. The summed E-state index contributed by atoms with van der Waals surface area (Å²) < 4.78 is 5.20.